The van der Waals surface area contributed by atoms with Crippen LogP contribution in [0.5, 0.6) is 5.75 Å². The fraction of sp³-hybridized carbons (Fsp3) is 0.375. The van der Waals surface area contributed by atoms with Gasteiger partial charge in [-0.05, 0) is 74.7 Å². The Bertz CT molecular complexity index is 1440. The van der Waals surface area contributed by atoms with Crippen LogP contribution in [-0.4, -0.2) is 56.6 Å². The molecule has 0 saturated heterocycles. The first-order valence-corrected chi connectivity index (χ1v) is 16.4. The van der Waals surface area contributed by atoms with Gasteiger partial charge in [0.2, 0.25) is 21.8 Å². The van der Waals surface area contributed by atoms with Gasteiger partial charge in [-0.1, -0.05) is 58.4 Å². The topological polar surface area (TPSA) is 96.0 Å². The minimum atomic E-state index is -3.60. The summed E-state index contributed by atoms with van der Waals surface area (Å²) in [4.78, 5) is 29.3. The highest BCUT2D eigenvalue weighted by Gasteiger charge is 2.32. The molecule has 0 spiro atoms. The van der Waals surface area contributed by atoms with Crippen LogP contribution in [0.2, 0.25) is 0 Å². The van der Waals surface area contributed by atoms with E-state index in [1.807, 2.05) is 75.4 Å². The third-order valence-electron chi connectivity index (χ3n) is 6.52. The van der Waals surface area contributed by atoms with Crippen molar-refractivity contribution in [3.8, 4) is 5.75 Å². The van der Waals surface area contributed by atoms with E-state index in [-0.39, 0.29) is 37.7 Å². The molecule has 0 saturated carbocycles. The molecule has 3 aromatic rings. The summed E-state index contributed by atoms with van der Waals surface area (Å²) < 4.78 is 32.6. The number of halogens is 1. The molecule has 3 rings (SSSR count). The smallest absolute Gasteiger partial charge is 0.243 e. The maximum atomic E-state index is 13.9. The van der Waals surface area contributed by atoms with Crippen molar-refractivity contribution < 1.29 is 22.7 Å². The van der Waals surface area contributed by atoms with E-state index in [4.69, 9.17) is 4.74 Å². The molecular formula is C32H40BrN3O5S. The van der Waals surface area contributed by atoms with Crippen molar-refractivity contribution in [3.63, 3.8) is 0 Å². The number of anilines is 1. The standard InChI is InChI=1S/C32H40BrN3O5S/c1-32(2,3)34-31(38)29(22-24-11-7-6-8-12-24)35(23-25-13-9-14-26(33)21-25)30(37)15-10-20-36(42(5,39)40)27-16-18-28(41-4)19-17-27/h6-9,11-14,16-19,21,29H,10,15,20,22-23H2,1-5H3,(H,34,38)/t29-/m1/s1. The van der Waals surface area contributed by atoms with E-state index in [1.54, 1.807) is 36.3 Å². The van der Waals surface area contributed by atoms with E-state index in [1.165, 1.54) is 4.31 Å². The molecule has 0 radical (unpaired) electrons. The maximum Gasteiger partial charge on any atom is 0.243 e. The third kappa shape index (κ3) is 10.2. The number of nitrogens with one attached hydrogen (secondary N) is 1. The van der Waals surface area contributed by atoms with Gasteiger partial charge in [-0.3, -0.25) is 13.9 Å². The minimum absolute atomic E-state index is 0.0598. The van der Waals surface area contributed by atoms with E-state index < -0.39 is 21.6 Å². The van der Waals surface area contributed by atoms with Crippen molar-refractivity contribution in [2.24, 2.45) is 0 Å². The van der Waals surface area contributed by atoms with Gasteiger partial charge in [0.05, 0.1) is 19.1 Å². The zero-order chi connectivity index (χ0) is 30.9. The molecule has 8 nitrogen and oxygen atoms in total. The zero-order valence-electron chi connectivity index (χ0n) is 24.8. The van der Waals surface area contributed by atoms with Crippen LogP contribution in [0.25, 0.3) is 0 Å². The van der Waals surface area contributed by atoms with E-state index in [2.05, 4.69) is 21.2 Å². The van der Waals surface area contributed by atoms with E-state index in [9.17, 15) is 18.0 Å². The number of carbonyl (C=O) groups excluding carboxylic acids is 2. The number of hydrogen-bond donors (Lipinski definition) is 1. The second kappa shape index (κ2) is 14.7. The summed E-state index contributed by atoms with van der Waals surface area (Å²) in [5.41, 5.74) is 1.80. The Kier molecular flexibility index (Phi) is 11.6. The average Bonchev–Trinajstić information content (AvgIpc) is 2.92. The Hall–Kier alpha value is -3.37. The number of methoxy groups -OCH3 is 1. The molecule has 0 bridgehead atoms. The van der Waals surface area contributed by atoms with Gasteiger partial charge in [0.1, 0.15) is 11.8 Å². The third-order valence-corrected chi connectivity index (χ3v) is 8.21. The molecule has 2 amide bonds. The highest BCUT2D eigenvalue weighted by atomic mass is 79.9. The number of benzene rings is 3. The zero-order valence-corrected chi connectivity index (χ0v) is 27.2. The first-order valence-electron chi connectivity index (χ1n) is 13.8. The van der Waals surface area contributed by atoms with E-state index in [0.29, 0.717) is 17.9 Å². The second-order valence-corrected chi connectivity index (χ2v) is 14.1. The molecule has 226 valence electrons. The number of carbonyl (C=O) groups is 2. The molecule has 0 aliphatic carbocycles. The number of sulfonamides is 1. The van der Waals surface area contributed by atoms with Gasteiger partial charge in [0.15, 0.2) is 0 Å². The molecule has 42 heavy (non-hydrogen) atoms. The van der Waals surface area contributed by atoms with Crippen LogP contribution in [0.15, 0.2) is 83.3 Å². The molecular weight excluding hydrogens is 618 g/mol. The largest absolute Gasteiger partial charge is 0.497 e. The number of ether oxygens (including phenoxy) is 1. The lowest BCUT2D eigenvalue weighted by molar-refractivity contribution is -0.142. The van der Waals surface area contributed by atoms with E-state index >= 15 is 0 Å². The van der Waals surface area contributed by atoms with Crippen molar-refractivity contribution in [1.82, 2.24) is 10.2 Å². The summed E-state index contributed by atoms with van der Waals surface area (Å²) in [6.45, 7) is 6.05. The highest BCUT2D eigenvalue weighted by molar-refractivity contribution is 9.10. The SMILES string of the molecule is COc1ccc(N(CCCC(=O)N(Cc2cccc(Br)c2)[C@H](Cc2ccccc2)C(=O)NC(C)(C)C)S(C)(=O)=O)cc1. The first kappa shape index (κ1) is 33.1. The van der Waals surface area contributed by atoms with Gasteiger partial charge in [0.25, 0.3) is 0 Å². The monoisotopic (exact) mass is 657 g/mol. The Morgan fingerprint density at radius 1 is 0.952 bits per heavy atom. The van der Waals surface area contributed by atoms with Crippen LogP contribution in [-0.2, 0) is 32.6 Å². The normalized spacial score (nSPS) is 12.3. The lowest BCUT2D eigenvalue weighted by atomic mass is 10.00. The van der Waals surface area contributed by atoms with Gasteiger partial charge in [-0.2, -0.15) is 0 Å². The van der Waals surface area contributed by atoms with Crippen molar-refractivity contribution in [2.75, 3.05) is 24.2 Å². The molecule has 0 aliphatic heterocycles. The van der Waals surface area contributed by atoms with Gasteiger partial charge in [-0.25, -0.2) is 8.42 Å². The fourth-order valence-electron chi connectivity index (χ4n) is 4.59. The molecule has 0 aliphatic rings. The molecule has 10 heteroatoms. The predicted octanol–water partition coefficient (Wildman–Crippen LogP) is 5.56. The van der Waals surface area contributed by atoms with Crippen molar-refractivity contribution >= 4 is 43.5 Å². The number of nitrogens with zero attached hydrogens (tertiary/aromatic N) is 2. The number of rotatable bonds is 13. The lowest BCUT2D eigenvalue weighted by Gasteiger charge is -2.34. The molecule has 0 fully saturated rings. The van der Waals surface area contributed by atoms with Crippen molar-refractivity contribution in [3.05, 3.63) is 94.5 Å². The Morgan fingerprint density at radius 2 is 1.60 bits per heavy atom. The lowest BCUT2D eigenvalue weighted by Crippen LogP contribution is -2.54. The fourth-order valence-corrected chi connectivity index (χ4v) is 6.00. The van der Waals surface area contributed by atoms with Crippen molar-refractivity contribution in [1.29, 1.82) is 0 Å². The molecule has 3 aromatic carbocycles. The van der Waals surface area contributed by atoms with E-state index in [0.717, 1.165) is 21.9 Å². The summed E-state index contributed by atoms with van der Waals surface area (Å²) in [6, 6.07) is 23.2. The number of amides is 2. The quantitative estimate of drug-likeness (QED) is 0.260. The summed E-state index contributed by atoms with van der Waals surface area (Å²) in [5, 5.41) is 3.06. The molecule has 0 heterocycles. The second-order valence-electron chi connectivity index (χ2n) is 11.2. The summed E-state index contributed by atoms with van der Waals surface area (Å²) in [7, 11) is -2.06. The van der Waals surface area contributed by atoms with Crippen LogP contribution in [0.4, 0.5) is 5.69 Å². The molecule has 0 aromatic heterocycles. The first-order chi connectivity index (χ1) is 19.8. The summed E-state index contributed by atoms with van der Waals surface area (Å²) >= 11 is 3.50. The molecule has 1 atom stereocenters. The van der Waals surface area contributed by atoms with Gasteiger partial charge in [-0.15, -0.1) is 0 Å². The minimum Gasteiger partial charge on any atom is -0.497 e. The maximum absolute atomic E-state index is 13.9. The van der Waals surface area contributed by atoms with Gasteiger partial charge in [0, 0.05) is 35.9 Å². The van der Waals surface area contributed by atoms with Crippen molar-refractivity contribution in [2.45, 2.75) is 58.2 Å². The van der Waals surface area contributed by atoms with Crippen LogP contribution in [0, 0.1) is 0 Å². The average molecular weight is 659 g/mol. The van der Waals surface area contributed by atoms with Crippen LogP contribution >= 0.6 is 15.9 Å². The Labute approximate surface area is 258 Å². The summed E-state index contributed by atoms with van der Waals surface area (Å²) in [5.74, 6) is 0.136. The Balaban J connectivity index is 1.89. The number of hydrogen-bond acceptors (Lipinski definition) is 5. The van der Waals surface area contributed by atoms with Gasteiger partial charge >= 0.3 is 0 Å². The Morgan fingerprint density at radius 3 is 2.17 bits per heavy atom. The molecule has 0 unspecified atom stereocenters. The van der Waals surface area contributed by atoms with Gasteiger partial charge < -0.3 is 15.0 Å². The van der Waals surface area contributed by atoms with Crippen LogP contribution < -0.4 is 14.4 Å². The highest BCUT2D eigenvalue weighted by Crippen LogP contribution is 2.23. The van der Waals surface area contributed by atoms with Crippen LogP contribution in [0.1, 0.15) is 44.7 Å². The predicted molar refractivity (Wildman–Crippen MR) is 171 cm³/mol. The van der Waals surface area contributed by atoms with Crippen LogP contribution in [0.3, 0.4) is 0 Å². The summed E-state index contributed by atoms with van der Waals surface area (Å²) in [6.07, 6.45) is 1.81. The molecule has 1 N–H and O–H groups in total.